The van der Waals surface area contributed by atoms with Crippen LogP contribution in [0.15, 0.2) is 48.2 Å². The topological polar surface area (TPSA) is 52.0 Å². The minimum absolute atomic E-state index is 0.507. The van der Waals surface area contributed by atoms with Gasteiger partial charge < -0.3 is 10.2 Å². The Hall–Kier alpha value is -0.850. The van der Waals surface area contributed by atoms with Crippen LogP contribution in [0.25, 0.3) is 22.6 Å². The number of rotatable bonds is 1. The number of nitrogens with two attached hydrogens (primary N) is 1. The Bertz CT molecular complexity index is 783. The first-order chi connectivity index (χ1) is 9.04. The van der Waals surface area contributed by atoms with Gasteiger partial charge in [-0.05, 0) is 46.3 Å². The maximum Gasteiger partial charge on any atom is 0.229 e. The second-order valence-corrected chi connectivity index (χ2v) is 6.67. The zero-order valence-electron chi connectivity index (χ0n) is 9.45. The molecule has 2 N–H and O–H groups in total. The van der Waals surface area contributed by atoms with E-state index in [4.69, 9.17) is 10.2 Å². The molecule has 6 heteroatoms. The number of aromatic nitrogens is 1. The average molecular weight is 447 g/mol. The maximum atomic E-state index is 6.06. The van der Waals surface area contributed by atoms with Crippen LogP contribution in [0.5, 0.6) is 0 Å². The fourth-order valence-corrected chi connectivity index (χ4v) is 3.35. The van der Waals surface area contributed by atoms with Gasteiger partial charge in [-0.25, -0.2) is 4.98 Å². The molecule has 0 saturated carbocycles. The van der Waals surface area contributed by atoms with Gasteiger partial charge in [-0.3, -0.25) is 0 Å². The standard InChI is InChI=1S/C13H7Br3N2O/c14-6-1-2-11-10(5-6)18-13(19-11)8-3-7(15)4-9(16)12(8)17/h1-5H,17H2. The van der Waals surface area contributed by atoms with E-state index in [0.717, 1.165) is 30.1 Å². The summed E-state index contributed by atoms with van der Waals surface area (Å²) in [5.41, 5.74) is 8.94. The van der Waals surface area contributed by atoms with Crippen LogP contribution >= 0.6 is 47.8 Å². The Kier molecular flexibility index (Phi) is 3.41. The van der Waals surface area contributed by atoms with Crippen molar-refractivity contribution < 1.29 is 4.42 Å². The molecule has 0 atom stereocenters. The molecule has 3 nitrogen and oxygen atoms in total. The van der Waals surface area contributed by atoms with Crippen molar-refractivity contribution in [2.45, 2.75) is 0 Å². The zero-order valence-corrected chi connectivity index (χ0v) is 14.2. The lowest BCUT2D eigenvalue weighted by atomic mass is 10.2. The van der Waals surface area contributed by atoms with E-state index >= 15 is 0 Å². The fourth-order valence-electron chi connectivity index (χ4n) is 1.78. The zero-order chi connectivity index (χ0) is 13.6. The summed E-state index contributed by atoms with van der Waals surface area (Å²) < 4.78 is 8.42. The molecule has 0 saturated heterocycles. The van der Waals surface area contributed by atoms with E-state index in [1.54, 1.807) is 0 Å². The lowest BCUT2D eigenvalue weighted by molar-refractivity contribution is 0.620. The van der Waals surface area contributed by atoms with Gasteiger partial charge in [0.2, 0.25) is 5.89 Å². The molecule has 0 aliphatic carbocycles. The van der Waals surface area contributed by atoms with E-state index < -0.39 is 0 Å². The molecule has 0 bridgehead atoms. The molecule has 3 aromatic rings. The van der Waals surface area contributed by atoms with E-state index in [1.165, 1.54) is 0 Å². The van der Waals surface area contributed by atoms with Gasteiger partial charge in [0.1, 0.15) is 5.52 Å². The van der Waals surface area contributed by atoms with E-state index in [-0.39, 0.29) is 0 Å². The summed E-state index contributed by atoms with van der Waals surface area (Å²) in [6.45, 7) is 0. The Morgan fingerprint density at radius 1 is 1.00 bits per heavy atom. The SMILES string of the molecule is Nc1c(Br)cc(Br)cc1-c1nc2cc(Br)ccc2o1. The second-order valence-electron chi connectivity index (χ2n) is 3.98. The number of halogens is 3. The Balaban J connectivity index is 2.24. The number of nitrogens with zero attached hydrogens (tertiary/aromatic N) is 1. The number of anilines is 1. The lowest BCUT2D eigenvalue weighted by Crippen LogP contribution is -1.92. The van der Waals surface area contributed by atoms with Crippen LogP contribution in [0.1, 0.15) is 0 Å². The highest BCUT2D eigenvalue weighted by molar-refractivity contribution is 9.11. The van der Waals surface area contributed by atoms with Crippen LogP contribution in [0.2, 0.25) is 0 Å². The molecule has 0 aliphatic rings. The van der Waals surface area contributed by atoms with Gasteiger partial charge in [0.05, 0.1) is 11.3 Å². The van der Waals surface area contributed by atoms with Crippen LogP contribution < -0.4 is 5.73 Å². The molecular formula is C13H7Br3N2O. The third-order valence-corrected chi connectivity index (χ3v) is 4.28. The summed E-state index contributed by atoms with van der Waals surface area (Å²) >= 11 is 10.3. The quantitative estimate of drug-likeness (QED) is 0.511. The third-order valence-electron chi connectivity index (χ3n) is 2.67. The molecule has 0 unspecified atom stereocenters. The van der Waals surface area contributed by atoms with Gasteiger partial charge >= 0.3 is 0 Å². The van der Waals surface area contributed by atoms with Crippen molar-refractivity contribution in [2.24, 2.45) is 0 Å². The number of fused-ring (bicyclic) bond motifs is 1. The van der Waals surface area contributed by atoms with E-state index in [1.807, 2.05) is 30.3 Å². The Labute approximate surface area is 134 Å². The molecule has 3 rings (SSSR count). The molecule has 2 aromatic carbocycles. The van der Waals surface area contributed by atoms with Crippen molar-refractivity contribution in [3.8, 4) is 11.5 Å². The van der Waals surface area contributed by atoms with Crippen molar-refractivity contribution in [2.75, 3.05) is 5.73 Å². The third kappa shape index (κ3) is 2.44. The molecule has 19 heavy (non-hydrogen) atoms. The number of hydrogen-bond donors (Lipinski definition) is 1. The number of nitrogen functional groups attached to an aromatic ring is 1. The van der Waals surface area contributed by atoms with Gasteiger partial charge in [-0.2, -0.15) is 0 Å². The minimum atomic E-state index is 0.507. The first kappa shape index (κ1) is 13.1. The number of hydrogen-bond acceptors (Lipinski definition) is 3. The highest BCUT2D eigenvalue weighted by atomic mass is 79.9. The molecule has 1 heterocycles. The van der Waals surface area contributed by atoms with Crippen molar-refractivity contribution in [3.05, 3.63) is 43.7 Å². The normalized spacial score (nSPS) is 11.1. The van der Waals surface area contributed by atoms with Crippen LogP contribution in [-0.2, 0) is 0 Å². The Morgan fingerprint density at radius 2 is 1.79 bits per heavy atom. The average Bonchev–Trinajstić information content (AvgIpc) is 2.76. The molecule has 0 spiro atoms. The molecule has 0 aliphatic heterocycles. The van der Waals surface area contributed by atoms with Crippen molar-refractivity contribution in [1.29, 1.82) is 0 Å². The van der Waals surface area contributed by atoms with Gasteiger partial charge in [0.15, 0.2) is 5.58 Å². The monoisotopic (exact) mass is 444 g/mol. The molecule has 1 aromatic heterocycles. The summed E-state index contributed by atoms with van der Waals surface area (Å²) in [6.07, 6.45) is 0. The van der Waals surface area contributed by atoms with Crippen molar-refractivity contribution in [1.82, 2.24) is 4.98 Å². The summed E-state index contributed by atoms with van der Waals surface area (Å²) in [5.74, 6) is 0.507. The van der Waals surface area contributed by atoms with E-state index in [2.05, 4.69) is 52.8 Å². The minimum Gasteiger partial charge on any atom is -0.436 e. The van der Waals surface area contributed by atoms with E-state index in [9.17, 15) is 0 Å². The van der Waals surface area contributed by atoms with Crippen LogP contribution in [0.4, 0.5) is 5.69 Å². The van der Waals surface area contributed by atoms with Crippen LogP contribution in [0.3, 0.4) is 0 Å². The smallest absolute Gasteiger partial charge is 0.229 e. The van der Waals surface area contributed by atoms with Crippen molar-refractivity contribution in [3.63, 3.8) is 0 Å². The summed E-state index contributed by atoms with van der Waals surface area (Å²) in [6, 6.07) is 9.47. The lowest BCUT2D eigenvalue weighted by Gasteiger charge is -2.04. The predicted octanol–water partition coefficient (Wildman–Crippen LogP) is 5.36. The first-order valence-electron chi connectivity index (χ1n) is 5.35. The van der Waals surface area contributed by atoms with Crippen molar-refractivity contribution >= 4 is 64.6 Å². The van der Waals surface area contributed by atoms with Crippen LogP contribution in [0, 0.1) is 0 Å². The van der Waals surface area contributed by atoms with Gasteiger partial charge in [0.25, 0.3) is 0 Å². The maximum absolute atomic E-state index is 6.06. The summed E-state index contributed by atoms with van der Waals surface area (Å²) in [5, 5.41) is 0. The highest BCUT2D eigenvalue weighted by Gasteiger charge is 2.14. The van der Waals surface area contributed by atoms with Gasteiger partial charge in [0, 0.05) is 13.4 Å². The Morgan fingerprint density at radius 3 is 2.58 bits per heavy atom. The molecular weight excluding hydrogens is 440 g/mol. The highest BCUT2D eigenvalue weighted by Crippen LogP contribution is 2.36. The van der Waals surface area contributed by atoms with Gasteiger partial charge in [-0.15, -0.1) is 0 Å². The number of oxazole rings is 1. The molecule has 0 fully saturated rings. The van der Waals surface area contributed by atoms with Crippen LogP contribution in [-0.4, -0.2) is 4.98 Å². The molecule has 0 amide bonds. The number of benzene rings is 2. The first-order valence-corrected chi connectivity index (χ1v) is 7.73. The molecule has 96 valence electrons. The predicted molar refractivity (Wildman–Crippen MR) is 87.0 cm³/mol. The summed E-state index contributed by atoms with van der Waals surface area (Å²) in [7, 11) is 0. The van der Waals surface area contributed by atoms with E-state index in [0.29, 0.717) is 11.6 Å². The second kappa shape index (κ2) is 4.92. The largest absolute Gasteiger partial charge is 0.436 e. The fraction of sp³-hybridized carbons (Fsp3) is 0. The molecule has 0 radical (unpaired) electrons. The summed E-state index contributed by atoms with van der Waals surface area (Å²) in [4.78, 5) is 4.47. The van der Waals surface area contributed by atoms with Gasteiger partial charge in [-0.1, -0.05) is 31.9 Å².